The number of carbonyl (C=O) groups excluding carboxylic acids is 2. The zero-order chi connectivity index (χ0) is 23.8. The molecule has 180 valence electrons. The average molecular weight is 435 g/mol. The molecular weight excluding hydrogens is 384 g/mol. The molecule has 0 aliphatic heterocycles. The molecular formula is C28H50O3. The van der Waals surface area contributed by atoms with Crippen molar-refractivity contribution >= 4 is 11.8 Å². The lowest BCUT2D eigenvalue weighted by molar-refractivity contribution is -0.159. The van der Waals surface area contributed by atoms with Gasteiger partial charge in [-0.3, -0.25) is 9.59 Å². The van der Waals surface area contributed by atoms with Crippen LogP contribution in [0.2, 0.25) is 0 Å². The van der Waals surface area contributed by atoms with Gasteiger partial charge in [-0.15, -0.1) is 0 Å². The fraction of sp³-hybridized carbons (Fsp3) is 0.929. The Morgan fingerprint density at radius 3 is 2.13 bits per heavy atom. The number of ether oxygens (including phenoxy) is 1. The van der Waals surface area contributed by atoms with E-state index in [2.05, 4.69) is 62.3 Å². The maximum Gasteiger partial charge on any atom is 0.316 e. The summed E-state index contributed by atoms with van der Waals surface area (Å²) >= 11 is 0. The van der Waals surface area contributed by atoms with Gasteiger partial charge < -0.3 is 4.74 Å². The van der Waals surface area contributed by atoms with Crippen molar-refractivity contribution < 1.29 is 14.3 Å². The van der Waals surface area contributed by atoms with E-state index in [0.29, 0.717) is 36.0 Å². The maximum absolute atomic E-state index is 12.6. The summed E-state index contributed by atoms with van der Waals surface area (Å²) in [5, 5.41) is 0. The van der Waals surface area contributed by atoms with Crippen molar-refractivity contribution in [1.82, 2.24) is 0 Å². The topological polar surface area (TPSA) is 43.4 Å². The second kappa shape index (κ2) is 9.18. The number of esters is 1. The quantitative estimate of drug-likeness (QED) is 0.322. The second-order valence-corrected chi connectivity index (χ2v) is 13.0. The van der Waals surface area contributed by atoms with E-state index in [4.69, 9.17) is 4.74 Å². The van der Waals surface area contributed by atoms with Gasteiger partial charge in [0.1, 0.15) is 11.7 Å². The molecule has 2 saturated carbocycles. The minimum atomic E-state index is -0.593. The first-order chi connectivity index (χ1) is 14.2. The summed E-state index contributed by atoms with van der Waals surface area (Å²) in [5.74, 6) is 0.858. The maximum atomic E-state index is 12.6. The number of hydrogen-bond donors (Lipinski definition) is 0. The van der Waals surface area contributed by atoms with Crippen LogP contribution in [0.1, 0.15) is 114 Å². The summed E-state index contributed by atoms with van der Waals surface area (Å²) in [4.78, 5) is 25.1. The normalized spacial score (nSPS) is 33.1. The van der Waals surface area contributed by atoms with Crippen LogP contribution in [0.4, 0.5) is 0 Å². The Morgan fingerprint density at radius 2 is 1.65 bits per heavy atom. The van der Waals surface area contributed by atoms with Crippen molar-refractivity contribution in [2.24, 2.45) is 45.3 Å². The third-order valence-electron chi connectivity index (χ3n) is 10.0. The Bertz CT molecular complexity index is 646. The van der Waals surface area contributed by atoms with E-state index in [1.807, 2.05) is 0 Å². The zero-order valence-electron chi connectivity index (χ0n) is 22.2. The lowest BCUT2D eigenvalue weighted by Gasteiger charge is -2.60. The van der Waals surface area contributed by atoms with E-state index in [0.717, 1.165) is 6.42 Å². The lowest BCUT2D eigenvalue weighted by Crippen LogP contribution is -2.54. The molecule has 0 bridgehead atoms. The molecule has 0 N–H and O–H groups in total. The Balaban J connectivity index is 2.47. The molecule has 2 rings (SSSR count). The third kappa shape index (κ3) is 4.49. The highest BCUT2D eigenvalue weighted by atomic mass is 16.5. The van der Waals surface area contributed by atoms with E-state index in [-0.39, 0.29) is 28.0 Å². The second-order valence-electron chi connectivity index (χ2n) is 13.0. The smallest absolute Gasteiger partial charge is 0.316 e. The predicted octanol–water partition coefficient (Wildman–Crippen LogP) is 7.47. The van der Waals surface area contributed by atoms with Crippen LogP contribution in [0.25, 0.3) is 0 Å². The predicted molar refractivity (Wildman–Crippen MR) is 129 cm³/mol. The molecule has 3 heteroatoms. The number of Topliss-reactive ketones (excluding diaryl/α,β-unsaturated/α-hetero) is 1. The standard InChI is InChI=1S/C28H50O3/c1-19(2)27(16-14-23(29)22(18-27)24(30)31-10)26(8,9)17-21-13-11-12-15-28(21,20(3)4)25(5,6)7/h19-22H,11-18H2,1-10H3. The number of methoxy groups -OCH3 is 1. The van der Waals surface area contributed by atoms with Crippen molar-refractivity contribution in [1.29, 1.82) is 0 Å². The van der Waals surface area contributed by atoms with Gasteiger partial charge in [0.2, 0.25) is 0 Å². The lowest BCUT2D eigenvalue weighted by atomic mass is 9.44. The van der Waals surface area contributed by atoms with E-state index in [9.17, 15) is 9.59 Å². The van der Waals surface area contributed by atoms with Gasteiger partial charge in [0, 0.05) is 6.42 Å². The van der Waals surface area contributed by atoms with Crippen LogP contribution in [0.5, 0.6) is 0 Å². The summed E-state index contributed by atoms with van der Waals surface area (Å²) in [6.07, 6.45) is 8.47. The molecule has 0 aromatic carbocycles. The van der Waals surface area contributed by atoms with E-state index in [1.165, 1.54) is 39.2 Å². The Kier molecular flexibility index (Phi) is 7.81. The fourth-order valence-electron chi connectivity index (χ4n) is 8.37. The summed E-state index contributed by atoms with van der Waals surface area (Å²) < 4.78 is 5.05. The SMILES string of the molecule is COC(=O)C1CC(C(C)C)(C(C)(C)CC2CCCCC2(C(C)C)C(C)(C)C)CCC1=O. The number of carbonyl (C=O) groups is 2. The first-order valence-corrected chi connectivity index (χ1v) is 12.8. The fourth-order valence-corrected chi connectivity index (χ4v) is 8.37. The third-order valence-corrected chi connectivity index (χ3v) is 10.0. The Morgan fingerprint density at radius 1 is 1.03 bits per heavy atom. The van der Waals surface area contributed by atoms with Gasteiger partial charge >= 0.3 is 5.97 Å². The molecule has 4 unspecified atom stereocenters. The van der Waals surface area contributed by atoms with Crippen molar-refractivity contribution in [2.75, 3.05) is 7.11 Å². The molecule has 3 nitrogen and oxygen atoms in total. The number of rotatable bonds is 6. The Labute approximate surface area is 192 Å². The van der Waals surface area contributed by atoms with Crippen molar-refractivity contribution in [2.45, 2.75) is 114 Å². The summed E-state index contributed by atoms with van der Waals surface area (Å²) in [6, 6.07) is 0. The molecule has 0 spiro atoms. The van der Waals surface area contributed by atoms with Gasteiger partial charge in [-0.25, -0.2) is 0 Å². The highest BCUT2D eigenvalue weighted by molar-refractivity contribution is 5.99. The Hall–Kier alpha value is -0.860. The summed E-state index contributed by atoms with van der Waals surface area (Å²) in [6.45, 7) is 21.7. The summed E-state index contributed by atoms with van der Waals surface area (Å²) in [5.41, 5.74) is 0.594. The molecule has 0 amide bonds. The highest BCUT2D eigenvalue weighted by Crippen LogP contribution is 2.64. The minimum Gasteiger partial charge on any atom is -0.468 e. The molecule has 0 aromatic heterocycles. The monoisotopic (exact) mass is 434 g/mol. The van der Waals surface area contributed by atoms with Crippen LogP contribution in [0.15, 0.2) is 0 Å². The van der Waals surface area contributed by atoms with Crippen molar-refractivity contribution in [3.63, 3.8) is 0 Å². The van der Waals surface area contributed by atoms with Gasteiger partial charge in [0.25, 0.3) is 0 Å². The van der Waals surface area contributed by atoms with Crippen LogP contribution in [0, 0.1) is 45.3 Å². The number of hydrogen-bond acceptors (Lipinski definition) is 3. The molecule has 31 heavy (non-hydrogen) atoms. The molecule has 2 fully saturated rings. The highest BCUT2D eigenvalue weighted by Gasteiger charge is 2.57. The first-order valence-electron chi connectivity index (χ1n) is 12.8. The van der Waals surface area contributed by atoms with Gasteiger partial charge in [0.05, 0.1) is 7.11 Å². The molecule has 2 aliphatic rings. The largest absolute Gasteiger partial charge is 0.468 e. The molecule has 2 aliphatic carbocycles. The van der Waals surface area contributed by atoms with E-state index >= 15 is 0 Å². The molecule has 0 radical (unpaired) electrons. The first kappa shape index (κ1) is 26.4. The molecule has 0 saturated heterocycles. The van der Waals surface area contributed by atoms with Gasteiger partial charge in [0.15, 0.2) is 0 Å². The van der Waals surface area contributed by atoms with E-state index in [1.54, 1.807) is 0 Å². The van der Waals surface area contributed by atoms with Crippen LogP contribution < -0.4 is 0 Å². The summed E-state index contributed by atoms with van der Waals surface area (Å²) in [7, 11) is 1.41. The average Bonchev–Trinajstić information content (AvgIpc) is 2.66. The molecule has 0 aromatic rings. The molecule has 4 atom stereocenters. The van der Waals surface area contributed by atoms with E-state index < -0.39 is 5.92 Å². The van der Waals surface area contributed by atoms with Crippen LogP contribution in [-0.2, 0) is 14.3 Å². The molecule has 0 heterocycles. The van der Waals surface area contributed by atoms with Crippen LogP contribution in [0.3, 0.4) is 0 Å². The van der Waals surface area contributed by atoms with Gasteiger partial charge in [-0.1, -0.05) is 75.2 Å². The van der Waals surface area contributed by atoms with Crippen molar-refractivity contribution in [3.05, 3.63) is 0 Å². The van der Waals surface area contributed by atoms with Gasteiger partial charge in [-0.05, 0) is 71.5 Å². The minimum absolute atomic E-state index is 0.0299. The van der Waals surface area contributed by atoms with Gasteiger partial charge in [-0.2, -0.15) is 0 Å². The number of ketones is 1. The zero-order valence-corrected chi connectivity index (χ0v) is 22.2. The van der Waals surface area contributed by atoms with Crippen LogP contribution >= 0.6 is 0 Å². The van der Waals surface area contributed by atoms with Crippen molar-refractivity contribution in [3.8, 4) is 0 Å². The van der Waals surface area contributed by atoms with Crippen LogP contribution in [-0.4, -0.2) is 18.9 Å².